The van der Waals surface area contributed by atoms with Crippen LogP contribution in [0, 0.1) is 0 Å². The van der Waals surface area contributed by atoms with Gasteiger partial charge in [-0.05, 0) is 49.5 Å². The first-order valence-electron chi connectivity index (χ1n) is 7.66. The first-order valence-corrected chi connectivity index (χ1v) is 10.1. The Hall–Kier alpha value is -0.320. The van der Waals surface area contributed by atoms with Gasteiger partial charge in [0.1, 0.15) is 5.75 Å². The molecule has 1 aromatic rings. The lowest BCUT2D eigenvalue weighted by molar-refractivity contribution is 0.282. The largest absolute Gasteiger partial charge is 0.494 e. The second kappa shape index (κ2) is 11.3. The van der Waals surface area contributed by atoms with Crippen molar-refractivity contribution < 1.29 is 9.84 Å². The van der Waals surface area contributed by atoms with Crippen molar-refractivity contribution in [2.45, 2.75) is 54.7 Å². The summed E-state index contributed by atoms with van der Waals surface area (Å²) in [5.41, 5.74) is 1.42. The van der Waals surface area contributed by atoms with Crippen LogP contribution in [0.25, 0.3) is 0 Å². The SMILES string of the molecule is COc1c(SC)cc(CCCCCCCCO)cc1SC. The number of benzene rings is 1. The zero-order chi connectivity index (χ0) is 15.5. The van der Waals surface area contributed by atoms with Crippen molar-refractivity contribution in [1.82, 2.24) is 0 Å². The highest BCUT2D eigenvalue weighted by molar-refractivity contribution is 7.99. The van der Waals surface area contributed by atoms with Crippen molar-refractivity contribution in [3.63, 3.8) is 0 Å². The van der Waals surface area contributed by atoms with E-state index >= 15 is 0 Å². The van der Waals surface area contributed by atoms with Gasteiger partial charge in [0.2, 0.25) is 0 Å². The van der Waals surface area contributed by atoms with Gasteiger partial charge in [0, 0.05) is 6.61 Å². The van der Waals surface area contributed by atoms with Crippen LogP contribution in [0.15, 0.2) is 21.9 Å². The van der Waals surface area contributed by atoms with Gasteiger partial charge in [-0.1, -0.05) is 25.7 Å². The molecule has 1 rings (SSSR count). The highest BCUT2D eigenvalue weighted by Gasteiger charge is 2.10. The monoisotopic (exact) mass is 328 g/mol. The van der Waals surface area contributed by atoms with Crippen molar-refractivity contribution in [2.75, 3.05) is 26.2 Å². The molecule has 0 aromatic heterocycles. The Morgan fingerprint density at radius 2 is 1.43 bits per heavy atom. The summed E-state index contributed by atoms with van der Waals surface area (Å²) in [4.78, 5) is 2.48. The smallest absolute Gasteiger partial charge is 0.145 e. The minimum absolute atomic E-state index is 0.334. The molecule has 4 heteroatoms. The molecule has 0 aliphatic carbocycles. The highest BCUT2D eigenvalue weighted by atomic mass is 32.2. The molecular formula is C17H28O2S2. The first kappa shape index (κ1) is 18.7. The maximum Gasteiger partial charge on any atom is 0.145 e. The van der Waals surface area contributed by atoms with Crippen molar-refractivity contribution in [3.8, 4) is 5.75 Å². The number of thioether (sulfide) groups is 2. The first-order chi connectivity index (χ1) is 10.3. The van der Waals surface area contributed by atoms with E-state index in [1.165, 1.54) is 41.0 Å². The van der Waals surface area contributed by atoms with Gasteiger partial charge in [-0.3, -0.25) is 0 Å². The Balaban J connectivity index is 2.48. The van der Waals surface area contributed by atoms with Crippen molar-refractivity contribution in [3.05, 3.63) is 17.7 Å². The second-order valence-electron chi connectivity index (χ2n) is 5.13. The fraction of sp³-hybridized carbons (Fsp3) is 0.647. The van der Waals surface area contributed by atoms with Gasteiger partial charge >= 0.3 is 0 Å². The third kappa shape index (κ3) is 6.54. The van der Waals surface area contributed by atoms with Crippen LogP contribution in [0.3, 0.4) is 0 Å². The fourth-order valence-electron chi connectivity index (χ4n) is 2.43. The van der Waals surface area contributed by atoms with Crippen molar-refractivity contribution in [2.24, 2.45) is 0 Å². The van der Waals surface area contributed by atoms with Crippen LogP contribution < -0.4 is 4.74 Å². The van der Waals surface area contributed by atoms with E-state index in [9.17, 15) is 0 Å². The van der Waals surface area contributed by atoms with E-state index in [2.05, 4.69) is 24.6 Å². The predicted octanol–water partition coefficient (Wildman–Crippen LogP) is 5.01. The van der Waals surface area contributed by atoms with Gasteiger partial charge in [0.25, 0.3) is 0 Å². The van der Waals surface area contributed by atoms with Crippen LogP contribution in [0.4, 0.5) is 0 Å². The molecule has 120 valence electrons. The Morgan fingerprint density at radius 1 is 0.905 bits per heavy atom. The van der Waals surface area contributed by atoms with Crippen LogP contribution in [-0.2, 0) is 6.42 Å². The Morgan fingerprint density at radius 3 is 1.90 bits per heavy atom. The summed E-state index contributed by atoms with van der Waals surface area (Å²) >= 11 is 3.51. The molecular weight excluding hydrogens is 300 g/mol. The number of hydrogen-bond acceptors (Lipinski definition) is 4. The number of unbranched alkanes of at least 4 members (excludes halogenated alkanes) is 5. The molecule has 1 aromatic carbocycles. The molecule has 0 atom stereocenters. The van der Waals surface area contributed by atoms with Crippen LogP contribution in [0.2, 0.25) is 0 Å². The average molecular weight is 329 g/mol. The fourth-order valence-corrected chi connectivity index (χ4v) is 3.79. The Labute approximate surface area is 138 Å². The van der Waals surface area contributed by atoms with E-state index < -0.39 is 0 Å². The molecule has 0 fully saturated rings. The lowest BCUT2D eigenvalue weighted by Crippen LogP contribution is -1.94. The van der Waals surface area contributed by atoms with Gasteiger partial charge in [0.15, 0.2) is 0 Å². The van der Waals surface area contributed by atoms with E-state index in [0.29, 0.717) is 6.61 Å². The summed E-state index contributed by atoms with van der Waals surface area (Å²) < 4.78 is 5.53. The van der Waals surface area contributed by atoms with E-state index in [-0.39, 0.29) is 0 Å². The standard InChI is InChI=1S/C17H28O2S2/c1-19-17-15(20-2)12-14(13-16(17)21-3)10-8-6-4-5-7-9-11-18/h12-13,18H,4-11H2,1-3H3. The Bertz CT molecular complexity index is 383. The summed E-state index contributed by atoms with van der Waals surface area (Å²) in [6.45, 7) is 0.334. The molecule has 2 nitrogen and oxygen atoms in total. The molecule has 0 heterocycles. The summed E-state index contributed by atoms with van der Waals surface area (Å²) in [5, 5.41) is 8.74. The van der Waals surface area contributed by atoms with Crippen LogP contribution in [0.5, 0.6) is 5.75 Å². The van der Waals surface area contributed by atoms with Gasteiger partial charge in [-0.15, -0.1) is 23.5 Å². The molecule has 0 radical (unpaired) electrons. The summed E-state index contributed by atoms with van der Waals surface area (Å²) in [7, 11) is 1.75. The molecule has 0 spiro atoms. The summed E-state index contributed by atoms with van der Waals surface area (Å²) in [6.07, 6.45) is 12.5. The number of aliphatic hydroxyl groups is 1. The minimum Gasteiger partial charge on any atom is -0.494 e. The Kier molecular flexibility index (Phi) is 10.1. The third-order valence-electron chi connectivity index (χ3n) is 3.60. The molecule has 0 amide bonds. The second-order valence-corrected chi connectivity index (χ2v) is 6.82. The van der Waals surface area contributed by atoms with E-state index in [4.69, 9.17) is 9.84 Å². The molecule has 1 N–H and O–H groups in total. The van der Waals surface area contributed by atoms with Crippen molar-refractivity contribution in [1.29, 1.82) is 0 Å². The number of aryl methyl sites for hydroxylation is 1. The number of aliphatic hydroxyl groups excluding tert-OH is 1. The minimum atomic E-state index is 0.334. The third-order valence-corrected chi connectivity index (χ3v) is 5.08. The van der Waals surface area contributed by atoms with Crippen LogP contribution in [-0.4, -0.2) is 31.3 Å². The maximum absolute atomic E-state index is 8.74. The molecule has 0 bridgehead atoms. The van der Waals surface area contributed by atoms with Crippen LogP contribution in [0.1, 0.15) is 44.1 Å². The van der Waals surface area contributed by atoms with E-state index in [1.807, 2.05) is 0 Å². The highest BCUT2D eigenvalue weighted by Crippen LogP contribution is 2.37. The lowest BCUT2D eigenvalue weighted by atomic mass is 10.0. The number of rotatable bonds is 11. The average Bonchev–Trinajstić information content (AvgIpc) is 2.52. The molecule has 0 aliphatic rings. The normalized spacial score (nSPS) is 10.9. The van der Waals surface area contributed by atoms with E-state index in [1.54, 1.807) is 30.6 Å². The molecule has 21 heavy (non-hydrogen) atoms. The van der Waals surface area contributed by atoms with Gasteiger partial charge < -0.3 is 9.84 Å². The molecule has 0 saturated carbocycles. The zero-order valence-electron chi connectivity index (χ0n) is 13.5. The number of hydrogen-bond donors (Lipinski definition) is 1. The lowest BCUT2D eigenvalue weighted by Gasteiger charge is -2.13. The zero-order valence-corrected chi connectivity index (χ0v) is 15.1. The molecule has 0 unspecified atom stereocenters. The van der Waals surface area contributed by atoms with E-state index in [0.717, 1.165) is 25.0 Å². The van der Waals surface area contributed by atoms with Gasteiger partial charge in [0.05, 0.1) is 16.9 Å². The maximum atomic E-state index is 8.74. The van der Waals surface area contributed by atoms with Crippen LogP contribution >= 0.6 is 23.5 Å². The summed E-state index contributed by atoms with van der Waals surface area (Å²) in [6, 6.07) is 4.55. The quantitative estimate of drug-likeness (QED) is 0.456. The predicted molar refractivity (Wildman–Crippen MR) is 95.0 cm³/mol. The van der Waals surface area contributed by atoms with Crippen molar-refractivity contribution >= 4 is 23.5 Å². The molecule has 0 aliphatic heterocycles. The summed E-state index contributed by atoms with van der Waals surface area (Å²) in [5.74, 6) is 1.02. The molecule has 0 saturated heterocycles. The topological polar surface area (TPSA) is 29.5 Å². The number of ether oxygens (including phenoxy) is 1. The van der Waals surface area contributed by atoms with Gasteiger partial charge in [-0.25, -0.2) is 0 Å². The number of methoxy groups -OCH3 is 1. The van der Waals surface area contributed by atoms with Gasteiger partial charge in [-0.2, -0.15) is 0 Å².